The van der Waals surface area contributed by atoms with Gasteiger partial charge in [0.1, 0.15) is 12.4 Å². The second-order valence-electron chi connectivity index (χ2n) is 6.19. The fourth-order valence-corrected chi connectivity index (χ4v) is 3.16. The molecule has 2 heterocycles. The molecule has 2 aromatic rings. The Morgan fingerprint density at radius 3 is 2.96 bits per heavy atom. The second-order valence-corrected chi connectivity index (χ2v) is 6.19. The first-order valence-electron chi connectivity index (χ1n) is 8.46. The number of piperidine rings is 1. The van der Waals surface area contributed by atoms with Crippen LogP contribution < -0.4 is 10.1 Å². The van der Waals surface area contributed by atoms with E-state index < -0.39 is 0 Å². The summed E-state index contributed by atoms with van der Waals surface area (Å²) in [5, 5.41) is 3.20. The van der Waals surface area contributed by atoms with Crippen LogP contribution in [0.5, 0.6) is 5.75 Å². The van der Waals surface area contributed by atoms with Crippen molar-refractivity contribution >= 4 is 5.91 Å². The molecule has 0 radical (unpaired) electrons. The topological polar surface area (TPSA) is 54.7 Å². The lowest BCUT2D eigenvalue weighted by molar-refractivity contribution is 0.0638. The van der Waals surface area contributed by atoms with Gasteiger partial charge in [0.05, 0.1) is 6.26 Å². The van der Waals surface area contributed by atoms with Crippen molar-refractivity contribution < 1.29 is 13.9 Å². The van der Waals surface area contributed by atoms with E-state index in [1.54, 1.807) is 6.26 Å². The molecule has 5 heteroatoms. The van der Waals surface area contributed by atoms with Crippen LogP contribution in [0.2, 0.25) is 0 Å². The molecule has 0 spiro atoms. The number of likely N-dealkylation sites (tertiary alicyclic amines) is 1. The Bertz CT molecular complexity index is 652. The summed E-state index contributed by atoms with van der Waals surface area (Å²) in [4.78, 5) is 14.7. The highest BCUT2D eigenvalue weighted by Gasteiger charge is 2.27. The maximum absolute atomic E-state index is 12.8. The van der Waals surface area contributed by atoms with Crippen molar-refractivity contribution in [2.45, 2.75) is 19.4 Å². The Kier molecular flexibility index (Phi) is 5.54. The average molecular weight is 328 g/mol. The minimum atomic E-state index is -0.0348. The number of nitrogens with zero attached hydrogens (tertiary/aromatic N) is 1. The summed E-state index contributed by atoms with van der Waals surface area (Å²) in [6, 6.07) is 11.4. The first-order chi connectivity index (χ1) is 11.8. The molecule has 0 saturated carbocycles. The highest BCUT2D eigenvalue weighted by Crippen LogP contribution is 2.21. The van der Waals surface area contributed by atoms with E-state index in [4.69, 9.17) is 9.15 Å². The minimum Gasteiger partial charge on any atom is -0.489 e. The fourth-order valence-electron chi connectivity index (χ4n) is 3.16. The summed E-state index contributed by atoms with van der Waals surface area (Å²) < 4.78 is 11.2. The number of furan rings is 1. The number of carbonyl (C=O) groups is 1. The van der Waals surface area contributed by atoms with Crippen molar-refractivity contribution in [3.63, 3.8) is 0 Å². The lowest BCUT2D eigenvalue weighted by Gasteiger charge is -2.32. The molecule has 1 fully saturated rings. The highest BCUT2D eigenvalue weighted by atomic mass is 16.5. The van der Waals surface area contributed by atoms with Gasteiger partial charge in [0.25, 0.3) is 5.91 Å². The molecule has 1 aromatic heterocycles. The molecule has 24 heavy (non-hydrogen) atoms. The molecule has 1 aromatic carbocycles. The second kappa shape index (κ2) is 8.02. The highest BCUT2D eigenvalue weighted by molar-refractivity contribution is 5.93. The number of nitrogens with one attached hydrogen (secondary N) is 1. The average Bonchev–Trinajstić information content (AvgIpc) is 3.09. The van der Waals surface area contributed by atoms with Gasteiger partial charge in [0.2, 0.25) is 0 Å². The van der Waals surface area contributed by atoms with E-state index in [9.17, 15) is 4.79 Å². The minimum absolute atomic E-state index is 0.0348. The van der Waals surface area contributed by atoms with E-state index in [0.29, 0.717) is 18.3 Å². The van der Waals surface area contributed by atoms with Gasteiger partial charge in [-0.2, -0.15) is 0 Å². The van der Waals surface area contributed by atoms with Crippen molar-refractivity contribution in [3.8, 4) is 5.75 Å². The molecule has 5 nitrogen and oxygen atoms in total. The molecular weight excluding hydrogens is 304 g/mol. The largest absolute Gasteiger partial charge is 0.489 e. The van der Waals surface area contributed by atoms with Gasteiger partial charge in [0, 0.05) is 18.7 Å². The molecule has 1 aliphatic rings. The van der Waals surface area contributed by atoms with Gasteiger partial charge in [-0.05, 0) is 50.6 Å². The monoisotopic (exact) mass is 328 g/mol. The molecule has 3 rings (SSSR count). The lowest BCUT2D eigenvalue weighted by atomic mass is 9.97. The molecule has 128 valence electrons. The maximum Gasteiger partial charge on any atom is 0.289 e. The first kappa shape index (κ1) is 16.6. The van der Waals surface area contributed by atoms with Gasteiger partial charge in [-0.3, -0.25) is 4.79 Å². The van der Waals surface area contributed by atoms with Crippen LogP contribution in [0.25, 0.3) is 0 Å². The third-order valence-electron chi connectivity index (χ3n) is 4.38. The summed E-state index contributed by atoms with van der Waals surface area (Å²) in [5.74, 6) is 1.65. The Hall–Kier alpha value is -2.27. The van der Waals surface area contributed by atoms with E-state index in [1.165, 1.54) is 0 Å². The number of benzene rings is 1. The molecule has 1 atom stereocenters. The van der Waals surface area contributed by atoms with E-state index in [0.717, 1.165) is 43.8 Å². The van der Waals surface area contributed by atoms with Crippen molar-refractivity contribution in [1.82, 2.24) is 10.2 Å². The van der Waals surface area contributed by atoms with E-state index in [1.807, 2.05) is 48.3 Å². The smallest absolute Gasteiger partial charge is 0.289 e. The van der Waals surface area contributed by atoms with Gasteiger partial charge >= 0.3 is 0 Å². The fraction of sp³-hybridized carbons (Fsp3) is 0.421. The van der Waals surface area contributed by atoms with Gasteiger partial charge in [-0.1, -0.05) is 18.2 Å². The summed E-state index contributed by atoms with van der Waals surface area (Å²) in [5.41, 5.74) is 0.791. The first-order valence-corrected chi connectivity index (χ1v) is 8.46. The van der Waals surface area contributed by atoms with Crippen LogP contribution in [0.15, 0.2) is 47.1 Å². The molecule has 0 aliphatic carbocycles. The number of para-hydroxylation sites is 1. The van der Waals surface area contributed by atoms with Crippen LogP contribution in [-0.4, -0.2) is 37.5 Å². The maximum atomic E-state index is 12.8. The van der Waals surface area contributed by atoms with E-state index >= 15 is 0 Å². The summed E-state index contributed by atoms with van der Waals surface area (Å²) in [6.07, 6.45) is 3.76. The summed E-state index contributed by atoms with van der Waals surface area (Å²) >= 11 is 0. The van der Waals surface area contributed by atoms with Gasteiger partial charge < -0.3 is 19.4 Å². The van der Waals surface area contributed by atoms with Crippen molar-refractivity contribution in [3.05, 3.63) is 54.0 Å². The quantitative estimate of drug-likeness (QED) is 0.886. The van der Waals surface area contributed by atoms with Gasteiger partial charge in [-0.25, -0.2) is 0 Å². The molecule has 1 unspecified atom stereocenters. The van der Waals surface area contributed by atoms with Crippen LogP contribution in [0.1, 0.15) is 29.0 Å². The van der Waals surface area contributed by atoms with Crippen LogP contribution in [0.4, 0.5) is 0 Å². The number of amides is 1. The van der Waals surface area contributed by atoms with E-state index in [-0.39, 0.29) is 5.91 Å². The lowest BCUT2D eigenvalue weighted by Crippen LogP contribution is -2.42. The molecule has 1 N–H and O–H groups in total. The molecule has 1 amide bonds. The number of carbonyl (C=O) groups excluding carboxylic acids is 1. The number of hydrogen-bond donors (Lipinski definition) is 1. The van der Waals surface area contributed by atoms with Crippen molar-refractivity contribution in [2.24, 2.45) is 5.92 Å². The zero-order valence-electron chi connectivity index (χ0n) is 14.0. The normalized spacial score (nSPS) is 17.7. The Labute approximate surface area is 142 Å². The SMILES string of the molecule is CNCC1CCCN(C(=O)c2occc2COc2ccccc2)C1. The predicted molar refractivity (Wildman–Crippen MR) is 92.0 cm³/mol. The van der Waals surface area contributed by atoms with Crippen molar-refractivity contribution in [1.29, 1.82) is 0 Å². The van der Waals surface area contributed by atoms with Crippen LogP contribution in [0, 0.1) is 5.92 Å². The summed E-state index contributed by atoms with van der Waals surface area (Å²) in [6.45, 7) is 2.83. The third-order valence-corrected chi connectivity index (χ3v) is 4.38. The molecule has 0 bridgehead atoms. The summed E-state index contributed by atoms with van der Waals surface area (Å²) in [7, 11) is 1.95. The zero-order valence-corrected chi connectivity index (χ0v) is 14.0. The van der Waals surface area contributed by atoms with Gasteiger partial charge in [0.15, 0.2) is 5.76 Å². The standard InChI is InChI=1S/C19H24N2O3/c1-20-12-15-6-5-10-21(13-15)19(22)18-16(9-11-23-18)14-24-17-7-3-2-4-8-17/h2-4,7-9,11,15,20H,5-6,10,12-14H2,1H3. The molecule has 1 aliphatic heterocycles. The molecule has 1 saturated heterocycles. The Morgan fingerprint density at radius 2 is 2.17 bits per heavy atom. The predicted octanol–water partition coefficient (Wildman–Crippen LogP) is 2.93. The van der Waals surface area contributed by atoms with Crippen LogP contribution >= 0.6 is 0 Å². The third kappa shape index (κ3) is 3.97. The van der Waals surface area contributed by atoms with Crippen molar-refractivity contribution in [2.75, 3.05) is 26.7 Å². The number of hydrogen-bond acceptors (Lipinski definition) is 4. The Balaban J connectivity index is 1.64. The molecular formula is C19H24N2O3. The van der Waals surface area contributed by atoms with Gasteiger partial charge in [-0.15, -0.1) is 0 Å². The Morgan fingerprint density at radius 1 is 1.33 bits per heavy atom. The number of rotatable bonds is 6. The zero-order chi connectivity index (χ0) is 16.8. The van der Waals surface area contributed by atoms with Crippen LogP contribution in [0.3, 0.4) is 0 Å². The number of ether oxygens (including phenoxy) is 1. The van der Waals surface area contributed by atoms with Crippen LogP contribution in [-0.2, 0) is 6.61 Å². The van der Waals surface area contributed by atoms with E-state index in [2.05, 4.69) is 5.32 Å².